The second-order valence-corrected chi connectivity index (χ2v) is 11.9. The van der Waals surface area contributed by atoms with Crippen LogP contribution in [0.4, 0.5) is 0 Å². The van der Waals surface area contributed by atoms with Crippen LogP contribution in [-0.4, -0.2) is 18.8 Å². The zero-order valence-electron chi connectivity index (χ0n) is 22.5. The van der Waals surface area contributed by atoms with E-state index in [1.165, 1.54) is 16.9 Å². The van der Waals surface area contributed by atoms with E-state index >= 15 is 0 Å². The summed E-state index contributed by atoms with van der Waals surface area (Å²) in [7, 11) is 3.25. The molecule has 41 heavy (non-hydrogen) atoms. The van der Waals surface area contributed by atoms with Crippen LogP contribution in [0.1, 0.15) is 34.9 Å². The molecule has 8 heteroatoms. The highest BCUT2D eigenvalue weighted by atomic mass is 32.2. The first-order chi connectivity index (χ1) is 20.1. The first-order valence-electron chi connectivity index (χ1n) is 13.3. The molecule has 7 rings (SSSR count). The van der Waals surface area contributed by atoms with Crippen molar-refractivity contribution in [2.24, 2.45) is 4.99 Å². The van der Waals surface area contributed by atoms with Gasteiger partial charge >= 0.3 is 0 Å². The number of nitrogens with zero attached hydrogens (tertiary/aromatic N) is 2. The van der Waals surface area contributed by atoms with Gasteiger partial charge in [-0.15, -0.1) is 0 Å². The van der Waals surface area contributed by atoms with Gasteiger partial charge in [0.2, 0.25) is 0 Å². The normalized spacial score (nSPS) is 16.0. The average Bonchev–Trinajstić information content (AvgIpc) is 3.59. The smallest absolute Gasteiger partial charge is 0.271 e. The molecule has 1 aliphatic carbocycles. The molecule has 1 atom stereocenters. The molecule has 0 saturated carbocycles. The zero-order valence-corrected chi connectivity index (χ0v) is 24.1. The zero-order chi connectivity index (χ0) is 27.9. The predicted molar refractivity (Wildman–Crippen MR) is 162 cm³/mol. The van der Waals surface area contributed by atoms with E-state index in [0.29, 0.717) is 26.6 Å². The van der Waals surface area contributed by atoms with Gasteiger partial charge in [-0.25, -0.2) is 4.99 Å². The molecule has 1 aliphatic heterocycles. The number of rotatable bonds is 6. The SMILES string of the molecule is COc1ccc([C@@H]2C3=C(N=c4s/c(=C\c5ccc(Sc6ccccc6)o5)c(=O)n42)c2ccccc2CC3)cc1OC. The lowest BCUT2D eigenvalue weighted by Gasteiger charge is -2.31. The minimum absolute atomic E-state index is 0.0902. The molecule has 5 aromatic rings. The van der Waals surface area contributed by atoms with Gasteiger partial charge < -0.3 is 13.9 Å². The molecule has 0 radical (unpaired) electrons. The van der Waals surface area contributed by atoms with Crippen LogP contribution in [0, 0.1) is 0 Å². The van der Waals surface area contributed by atoms with Gasteiger partial charge in [-0.05, 0) is 65.9 Å². The lowest BCUT2D eigenvalue weighted by molar-refractivity contribution is 0.354. The molecule has 0 bridgehead atoms. The second kappa shape index (κ2) is 10.6. The Morgan fingerprint density at radius 3 is 2.59 bits per heavy atom. The van der Waals surface area contributed by atoms with Crippen molar-refractivity contribution in [1.29, 1.82) is 0 Å². The Bertz CT molecular complexity index is 1990. The summed E-state index contributed by atoms with van der Waals surface area (Å²) in [4.78, 5) is 20.9. The molecule has 2 aliphatic rings. The van der Waals surface area contributed by atoms with Crippen LogP contribution in [0.3, 0.4) is 0 Å². The van der Waals surface area contributed by atoms with Crippen LogP contribution in [0.15, 0.2) is 115 Å². The first-order valence-corrected chi connectivity index (χ1v) is 14.9. The van der Waals surface area contributed by atoms with Gasteiger partial charge in [0.05, 0.1) is 30.5 Å². The molecule has 3 aromatic carbocycles. The number of furan rings is 1. The van der Waals surface area contributed by atoms with E-state index in [2.05, 4.69) is 18.2 Å². The fourth-order valence-corrected chi connectivity index (χ4v) is 7.33. The van der Waals surface area contributed by atoms with Gasteiger partial charge in [-0.2, -0.15) is 0 Å². The Kier molecular flexibility index (Phi) is 6.65. The third-order valence-corrected chi connectivity index (χ3v) is 9.34. The molecular formula is C33H26N2O4S2. The number of hydrogen-bond acceptors (Lipinski definition) is 7. The molecule has 0 amide bonds. The summed E-state index contributed by atoms with van der Waals surface area (Å²) in [6.45, 7) is 0. The van der Waals surface area contributed by atoms with E-state index in [1.807, 2.05) is 77.4 Å². The molecule has 2 aromatic heterocycles. The quantitative estimate of drug-likeness (QED) is 0.244. The van der Waals surface area contributed by atoms with Gasteiger partial charge in [0.1, 0.15) is 5.76 Å². The average molecular weight is 579 g/mol. The summed E-state index contributed by atoms with van der Waals surface area (Å²) in [5, 5.41) is 0.769. The number of ether oxygens (including phenoxy) is 2. The molecular weight excluding hydrogens is 553 g/mol. The molecule has 0 fully saturated rings. The lowest BCUT2D eigenvalue weighted by atomic mass is 9.83. The molecule has 0 unspecified atom stereocenters. The van der Waals surface area contributed by atoms with Crippen molar-refractivity contribution in [3.05, 3.63) is 133 Å². The van der Waals surface area contributed by atoms with Gasteiger partial charge in [-0.3, -0.25) is 9.36 Å². The Balaban J connectivity index is 1.37. The maximum atomic E-state index is 14.1. The minimum atomic E-state index is -0.308. The van der Waals surface area contributed by atoms with Crippen LogP contribution < -0.4 is 24.4 Å². The Morgan fingerprint density at radius 2 is 1.76 bits per heavy atom. The Morgan fingerprint density at radius 1 is 0.951 bits per heavy atom. The molecule has 204 valence electrons. The topological polar surface area (TPSA) is 66.0 Å². The van der Waals surface area contributed by atoms with Gasteiger partial charge in [0.15, 0.2) is 21.4 Å². The molecule has 3 heterocycles. The Labute approximate surface area is 244 Å². The molecule has 0 saturated heterocycles. The highest BCUT2D eigenvalue weighted by molar-refractivity contribution is 7.99. The number of fused-ring (bicyclic) bond motifs is 3. The van der Waals surface area contributed by atoms with Gasteiger partial charge in [0, 0.05) is 16.5 Å². The molecule has 6 nitrogen and oxygen atoms in total. The van der Waals surface area contributed by atoms with Crippen molar-refractivity contribution in [3.63, 3.8) is 0 Å². The van der Waals surface area contributed by atoms with E-state index < -0.39 is 0 Å². The van der Waals surface area contributed by atoms with E-state index in [4.69, 9.17) is 18.9 Å². The fourth-order valence-electron chi connectivity index (χ4n) is 5.55. The number of allylic oxidation sites excluding steroid dienone is 1. The number of thiazole rings is 1. The van der Waals surface area contributed by atoms with Crippen molar-refractivity contribution in [3.8, 4) is 11.5 Å². The number of methoxy groups -OCH3 is 2. The third kappa shape index (κ3) is 4.63. The predicted octanol–water partition coefficient (Wildman–Crippen LogP) is 6.08. The fraction of sp³-hybridized carbons (Fsp3) is 0.152. The largest absolute Gasteiger partial charge is 0.493 e. The van der Waals surface area contributed by atoms with Gasteiger partial charge in [-0.1, -0.05) is 71.6 Å². The van der Waals surface area contributed by atoms with E-state index in [1.54, 1.807) is 26.0 Å². The maximum absolute atomic E-state index is 14.1. The van der Waals surface area contributed by atoms with Crippen LogP contribution in [-0.2, 0) is 6.42 Å². The standard InChI is InChI=1S/C33H26N2O4S2/c1-37-26-16-13-21(18-27(26)38-2)31-25-15-12-20-8-6-7-11-24(20)30(25)34-33-35(31)32(36)28(41-33)19-22-14-17-29(39-22)40-23-9-4-3-5-10-23/h3-11,13-14,16-19,31H,12,15H2,1-2H3/b28-19-/t31-/m1/s1. The summed E-state index contributed by atoms with van der Waals surface area (Å²) in [5.74, 6) is 1.90. The molecule has 0 N–H and O–H groups in total. The van der Waals surface area contributed by atoms with E-state index in [9.17, 15) is 4.79 Å². The third-order valence-electron chi connectivity index (χ3n) is 7.43. The monoisotopic (exact) mass is 578 g/mol. The Hall–Kier alpha value is -4.27. The highest BCUT2D eigenvalue weighted by Gasteiger charge is 2.33. The summed E-state index contributed by atoms with van der Waals surface area (Å²) < 4.78 is 19.6. The number of benzene rings is 3. The summed E-state index contributed by atoms with van der Waals surface area (Å²) in [5.41, 5.74) is 5.36. The van der Waals surface area contributed by atoms with Gasteiger partial charge in [0.25, 0.3) is 5.56 Å². The number of aryl methyl sites for hydroxylation is 1. The highest BCUT2D eigenvalue weighted by Crippen LogP contribution is 2.42. The van der Waals surface area contributed by atoms with Crippen LogP contribution in [0.5, 0.6) is 11.5 Å². The van der Waals surface area contributed by atoms with E-state index in [-0.39, 0.29) is 11.6 Å². The first kappa shape index (κ1) is 25.7. The van der Waals surface area contributed by atoms with Crippen LogP contribution in [0.25, 0.3) is 11.8 Å². The van der Waals surface area contributed by atoms with Crippen molar-refractivity contribution in [2.45, 2.75) is 28.9 Å². The van der Waals surface area contributed by atoms with Crippen molar-refractivity contribution in [2.75, 3.05) is 14.2 Å². The van der Waals surface area contributed by atoms with Crippen LogP contribution in [0.2, 0.25) is 0 Å². The summed E-state index contributed by atoms with van der Waals surface area (Å²) in [6, 6.07) is 27.9. The van der Waals surface area contributed by atoms with Crippen molar-refractivity contribution >= 4 is 34.9 Å². The van der Waals surface area contributed by atoms with Crippen molar-refractivity contribution in [1.82, 2.24) is 4.57 Å². The second-order valence-electron chi connectivity index (χ2n) is 9.80. The number of aromatic nitrogens is 1. The molecule has 0 spiro atoms. The summed E-state index contributed by atoms with van der Waals surface area (Å²) in [6.07, 6.45) is 3.53. The summed E-state index contributed by atoms with van der Waals surface area (Å²) >= 11 is 2.94. The minimum Gasteiger partial charge on any atom is -0.493 e. The maximum Gasteiger partial charge on any atom is 0.271 e. The lowest BCUT2D eigenvalue weighted by Crippen LogP contribution is -2.38. The van der Waals surface area contributed by atoms with E-state index in [0.717, 1.165) is 45.2 Å². The van der Waals surface area contributed by atoms with Crippen LogP contribution >= 0.6 is 23.1 Å². The number of hydrogen-bond donors (Lipinski definition) is 0. The van der Waals surface area contributed by atoms with Crippen molar-refractivity contribution < 1.29 is 13.9 Å².